The molecule has 2 atom stereocenters. The molecule has 0 bridgehead atoms. The molecule has 1 unspecified atom stereocenters. The van der Waals surface area contributed by atoms with Gasteiger partial charge in [-0.2, -0.15) is 13.2 Å². The highest BCUT2D eigenvalue weighted by molar-refractivity contribution is 5.94. The van der Waals surface area contributed by atoms with Crippen molar-refractivity contribution in [2.75, 3.05) is 26.7 Å². The monoisotopic (exact) mass is 504 g/mol. The Balaban J connectivity index is 1.41. The molecule has 0 radical (unpaired) electrons. The maximum Gasteiger partial charge on any atom is 0.416 e. The van der Waals surface area contributed by atoms with Gasteiger partial charge in [-0.05, 0) is 47.6 Å². The molecule has 10 heteroatoms. The molecule has 1 N–H and O–H groups in total. The highest BCUT2D eigenvalue weighted by Gasteiger charge is 2.35. The predicted molar refractivity (Wildman–Crippen MR) is 127 cm³/mol. The molecule has 36 heavy (non-hydrogen) atoms. The van der Waals surface area contributed by atoms with E-state index in [0.717, 1.165) is 35.4 Å². The second-order valence-electron chi connectivity index (χ2n) is 9.84. The van der Waals surface area contributed by atoms with Gasteiger partial charge in [-0.25, -0.2) is 4.79 Å². The van der Waals surface area contributed by atoms with Gasteiger partial charge in [0.2, 0.25) is 0 Å². The third-order valence-corrected chi connectivity index (χ3v) is 6.88. The zero-order chi connectivity index (χ0) is 26.0. The van der Waals surface area contributed by atoms with E-state index < -0.39 is 11.7 Å². The lowest BCUT2D eigenvalue weighted by Gasteiger charge is -2.27. The zero-order valence-corrected chi connectivity index (χ0v) is 20.6. The van der Waals surface area contributed by atoms with E-state index in [4.69, 9.17) is 4.74 Å². The van der Waals surface area contributed by atoms with Crippen molar-refractivity contribution in [2.45, 2.75) is 45.6 Å². The van der Waals surface area contributed by atoms with Crippen molar-refractivity contribution in [1.29, 1.82) is 0 Å². The molecule has 194 valence electrons. The Morgan fingerprint density at radius 3 is 2.58 bits per heavy atom. The van der Waals surface area contributed by atoms with Crippen LogP contribution in [-0.4, -0.2) is 53.5 Å². The molecule has 0 aliphatic carbocycles. The Morgan fingerprint density at radius 2 is 1.94 bits per heavy atom. The highest BCUT2D eigenvalue weighted by atomic mass is 19.4. The third-order valence-electron chi connectivity index (χ3n) is 6.88. The van der Waals surface area contributed by atoms with E-state index in [1.54, 1.807) is 11.1 Å². The molecule has 0 spiro atoms. The summed E-state index contributed by atoms with van der Waals surface area (Å²) in [5, 5.41) is 2.95. The van der Waals surface area contributed by atoms with Crippen LogP contribution in [0.25, 0.3) is 0 Å². The van der Waals surface area contributed by atoms with Crippen molar-refractivity contribution in [3.8, 4) is 0 Å². The summed E-state index contributed by atoms with van der Waals surface area (Å²) in [7, 11) is 1.35. The van der Waals surface area contributed by atoms with E-state index in [2.05, 4.69) is 29.0 Å². The Bertz CT molecular complexity index is 1100. The summed E-state index contributed by atoms with van der Waals surface area (Å²) in [6, 6.07) is 7.10. The summed E-state index contributed by atoms with van der Waals surface area (Å²) in [6.45, 7) is 6.82. The van der Waals surface area contributed by atoms with Gasteiger partial charge >= 0.3 is 12.3 Å². The van der Waals surface area contributed by atoms with Gasteiger partial charge in [0.05, 0.1) is 30.0 Å². The van der Waals surface area contributed by atoms with Gasteiger partial charge < -0.3 is 15.0 Å². The summed E-state index contributed by atoms with van der Waals surface area (Å²) in [5.74, 6) is 0.178. The van der Waals surface area contributed by atoms with E-state index in [0.29, 0.717) is 38.3 Å². The second kappa shape index (κ2) is 10.5. The standard InChI is InChI=1S/C26H31F3N4O3/c1-16(2)23-22-20(15-33(23)13-17-4-6-21(7-5-17)26(27,28)29)10-19(12-30-22)24(34)31-11-18-8-9-32(14-18)25(35)36-3/h4-7,10,12,16,18,23H,8-9,11,13-15H2,1-3H3,(H,31,34)/t18?,23-/m0/s1. The van der Waals surface area contributed by atoms with Crippen LogP contribution in [0.3, 0.4) is 0 Å². The van der Waals surface area contributed by atoms with Crippen LogP contribution in [0.15, 0.2) is 36.5 Å². The summed E-state index contributed by atoms with van der Waals surface area (Å²) < 4.78 is 43.5. The number of alkyl halides is 3. The van der Waals surface area contributed by atoms with Gasteiger partial charge in [0.15, 0.2) is 0 Å². The molecule has 7 nitrogen and oxygen atoms in total. The van der Waals surface area contributed by atoms with Gasteiger partial charge in [-0.3, -0.25) is 14.7 Å². The Kier molecular flexibility index (Phi) is 7.54. The lowest BCUT2D eigenvalue weighted by molar-refractivity contribution is -0.137. The Labute approximate surface area is 208 Å². The van der Waals surface area contributed by atoms with Crippen LogP contribution in [0.4, 0.5) is 18.0 Å². The van der Waals surface area contributed by atoms with E-state index >= 15 is 0 Å². The van der Waals surface area contributed by atoms with Gasteiger partial charge in [-0.1, -0.05) is 26.0 Å². The van der Waals surface area contributed by atoms with Crippen molar-refractivity contribution >= 4 is 12.0 Å². The van der Waals surface area contributed by atoms with Crippen LogP contribution in [0.5, 0.6) is 0 Å². The van der Waals surface area contributed by atoms with Crippen LogP contribution < -0.4 is 5.32 Å². The number of likely N-dealkylation sites (tertiary alicyclic amines) is 1. The van der Waals surface area contributed by atoms with E-state index in [-0.39, 0.29) is 29.9 Å². The Hall–Kier alpha value is -3.14. The lowest BCUT2D eigenvalue weighted by Crippen LogP contribution is -2.33. The van der Waals surface area contributed by atoms with Crippen molar-refractivity contribution in [1.82, 2.24) is 20.1 Å². The zero-order valence-electron chi connectivity index (χ0n) is 20.6. The number of carbonyl (C=O) groups excluding carboxylic acids is 2. The van der Waals surface area contributed by atoms with Crippen molar-refractivity contribution in [2.24, 2.45) is 11.8 Å². The summed E-state index contributed by atoms with van der Waals surface area (Å²) in [5.41, 5.74) is 2.45. The number of rotatable bonds is 6. The number of pyridine rings is 1. The first-order valence-corrected chi connectivity index (χ1v) is 12.1. The molecule has 1 aromatic carbocycles. The van der Waals surface area contributed by atoms with Crippen LogP contribution in [0.1, 0.15) is 59.1 Å². The summed E-state index contributed by atoms with van der Waals surface area (Å²) in [4.78, 5) is 32.9. The lowest BCUT2D eigenvalue weighted by atomic mass is 9.99. The van der Waals surface area contributed by atoms with E-state index in [1.807, 2.05) is 6.07 Å². The number of carbonyl (C=O) groups is 2. The number of halogens is 3. The van der Waals surface area contributed by atoms with Crippen molar-refractivity contribution in [3.05, 3.63) is 64.5 Å². The van der Waals surface area contributed by atoms with Crippen molar-refractivity contribution in [3.63, 3.8) is 0 Å². The van der Waals surface area contributed by atoms with Gasteiger partial charge in [0, 0.05) is 38.9 Å². The third kappa shape index (κ3) is 5.64. The molecule has 1 saturated heterocycles. The van der Waals surface area contributed by atoms with Gasteiger partial charge in [-0.15, -0.1) is 0 Å². The highest BCUT2D eigenvalue weighted by Crippen LogP contribution is 2.39. The molecule has 2 aliphatic rings. The van der Waals surface area contributed by atoms with E-state index in [9.17, 15) is 22.8 Å². The summed E-state index contributed by atoms with van der Waals surface area (Å²) >= 11 is 0. The maximum absolute atomic E-state index is 12.9. The SMILES string of the molecule is COC(=O)N1CCC(CNC(=O)c2cnc3c(c2)CN(Cc2ccc(C(F)(F)F)cc2)[C@H]3C(C)C)C1. The fourth-order valence-corrected chi connectivity index (χ4v) is 5.09. The Morgan fingerprint density at radius 1 is 1.22 bits per heavy atom. The number of fused-ring (bicyclic) bond motifs is 1. The molecule has 0 saturated carbocycles. The van der Waals surface area contributed by atoms with Crippen LogP contribution in [-0.2, 0) is 24.0 Å². The number of amides is 2. The quantitative estimate of drug-likeness (QED) is 0.621. The molecule has 3 heterocycles. The minimum absolute atomic E-state index is 0.00203. The molecule has 2 amide bonds. The number of nitrogens with one attached hydrogen (secondary N) is 1. The minimum Gasteiger partial charge on any atom is -0.453 e. The average Bonchev–Trinajstić information content (AvgIpc) is 3.45. The number of hydrogen-bond acceptors (Lipinski definition) is 5. The average molecular weight is 505 g/mol. The number of ether oxygens (including phenoxy) is 1. The van der Waals surface area contributed by atoms with Gasteiger partial charge in [0.25, 0.3) is 5.91 Å². The molecule has 1 aromatic heterocycles. The second-order valence-corrected chi connectivity index (χ2v) is 9.84. The fraction of sp³-hybridized carbons (Fsp3) is 0.500. The first-order chi connectivity index (χ1) is 17.1. The minimum atomic E-state index is -4.36. The molecule has 1 fully saturated rings. The molecular weight excluding hydrogens is 473 g/mol. The largest absolute Gasteiger partial charge is 0.453 e. The predicted octanol–water partition coefficient (Wildman–Crippen LogP) is 4.63. The molecule has 2 aromatic rings. The number of methoxy groups -OCH3 is 1. The molecule has 2 aliphatic heterocycles. The molecular formula is C26H31F3N4O3. The normalized spacial score (nSPS) is 20.0. The van der Waals surface area contributed by atoms with Gasteiger partial charge in [0.1, 0.15) is 0 Å². The number of nitrogens with zero attached hydrogens (tertiary/aromatic N) is 3. The summed E-state index contributed by atoms with van der Waals surface area (Å²) in [6.07, 6.45) is -2.33. The van der Waals surface area contributed by atoms with Crippen LogP contribution in [0, 0.1) is 11.8 Å². The molecule has 4 rings (SSSR count). The number of benzene rings is 1. The topological polar surface area (TPSA) is 74.8 Å². The van der Waals surface area contributed by atoms with E-state index in [1.165, 1.54) is 19.2 Å². The first-order valence-electron chi connectivity index (χ1n) is 12.1. The number of hydrogen-bond donors (Lipinski definition) is 1. The smallest absolute Gasteiger partial charge is 0.416 e. The first kappa shape index (κ1) is 25.9. The number of aromatic nitrogens is 1. The van der Waals surface area contributed by atoms with Crippen molar-refractivity contribution < 1.29 is 27.5 Å². The van der Waals surface area contributed by atoms with Crippen LogP contribution in [0.2, 0.25) is 0 Å². The maximum atomic E-state index is 12.9. The van der Waals surface area contributed by atoms with Crippen LogP contribution >= 0.6 is 0 Å². The fourth-order valence-electron chi connectivity index (χ4n) is 5.09.